The van der Waals surface area contributed by atoms with E-state index in [-0.39, 0.29) is 11.9 Å². The number of aromatic nitrogens is 2. The molecule has 7 nitrogen and oxygen atoms in total. The van der Waals surface area contributed by atoms with Crippen LogP contribution < -0.4 is 15.5 Å². The van der Waals surface area contributed by atoms with Gasteiger partial charge in [0.25, 0.3) is 0 Å². The van der Waals surface area contributed by atoms with E-state index in [4.69, 9.17) is 0 Å². The number of thioether (sulfide) groups is 1. The molecule has 1 aliphatic heterocycles. The van der Waals surface area contributed by atoms with Gasteiger partial charge in [-0.25, -0.2) is 14.8 Å². The van der Waals surface area contributed by atoms with Gasteiger partial charge in [0, 0.05) is 42.3 Å². The summed E-state index contributed by atoms with van der Waals surface area (Å²) >= 11 is 1.51. The Balaban J connectivity index is 1.62. The summed E-state index contributed by atoms with van der Waals surface area (Å²) in [5.41, 5.74) is 4.31. The summed E-state index contributed by atoms with van der Waals surface area (Å²) in [6, 6.07) is 7.22. The average Bonchev–Trinajstić information content (AvgIpc) is 3.07. The zero-order chi connectivity index (χ0) is 19.4. The van der Waals surface area contributed by atoms with Crippen LogP contribution in [-0.4, -0.2) is 41.3 Å². The molecule has 0 spiro atoms. The zero-order valence-corrected chi connectivity index (χ0v) is 16.5. The molecule has 27 heavy (non-hydrogen) atoms. The van der Waals surface area contributed by atoms with Crippen LogP contribution in [-0.2, 0) is 11.2 Å². The first-order valence-electron chi connectivity index (χ1n) is 8.81. The molecule has 142 valence electrons. The number of rotatable bonds is 6. The van der Waals surface area contributed by atoms with E-state index in [1.165, 1.54) is 11.8 Å². The van der Waals surface area contributed by atoms with Crippen molar-refractivity contribution in [1.82, 2.24) is 15.3 Å². The fourth-order valence-corrected chi connectivity index (χ4v) is 3.55. The normalized spacial score (nSPS) is 13.6. The molecule has 3 amide bonds. The number of aryl methyl sites for hydroxylation is 2. The van der Waals surface area contributed by atoms with Crippen LogP contribution >= 0.6 is 11.8 Å². The maximum atomic E-state index is 12.4. The lowest BCUT2D eigenvalue weighted by atomic mass is 10.1. The van der Waals surface area contributed by atoms with Gasteiger partial charge in [-0.05, 0) is 50.3 Å². The van der Waals surface area contributed by atoms with Gasteiger partial charge in [0.1, 0.15) is 0 Å². The summed E-state index contributed by atoms with van der Waals surface area (Å²) in [5, 5.41) is 6.43. The molecule has 0 saturated carbocycles. The molecule has 8 heteroatoms. The van der Waals surface area contributed by atoms with Crippen molar-refractivity contribution in [2.45, 2.75) is 31.8 Å². The lowest BCUT2D eigenvalue weighted by molar-refractivity contribution is -0.116. The molecule has 1 aliphatic rings. The fourth-order valence-electron chi connectivity index (χ4n) is 3.09. The second-order valence-electron chi connectivity index (χ2n) is 6.34. The van der Waals surface area contributed by atoms with Gasteiger partial charge in [-0.15, -0.1) is 0 Å². The lowest BCUT2D eigenvalue weighted by Crippen LogP contribution is -2.27. The van der Waals surface area contributed by atoms with E-state index in [0.717, 1.165) is 27.8 Å². The largest absolute Gasteiger partial charge is 0.336 e. The van der Waals surface area contributed by atoms with Crippen LogP contribution in [0.25, 0.3) is 0 Å². The van der Waals surface area contributed by atoms with Crippen LogP contribution in [0, 0.1) is 13.8 Å². The summed E-state index contributed by atoms with van der Waals surface area (Å²) in [4.78, 5) is 34.7. The van der Waals surface area contributed by atoms with E-state index in [0.29, 0.717) is 31.6 Å². The van der Waals surface area contributed by atoms with Gasteiger partial charge in [0.15, 0.2) is 5.16 Å². The molecule has 0 bridgehead atoms. The van der Waals surface area contributed by atoms with E-state index in [2.05, 4.69) is 20.6 Å². The second-order valence-corrected chi connectivity index (χ2v) is 7.12. The average molecular weight is 385 g/mol. The van der Waals surface area contributed by atoms with Crippen LogP contribution in [0.15, 0.2) is 29.4 Å². The monoisotopic (exact) mass is 385 g/mol. The first kappa shape index (κ1) is 19.2. The topological polar surface area (TPSA) is 87.2 Å². The standard InChI is InChI=1S/C19H23N5O2S/c1-12-16(13(2)22-18(21-12)27-3)7-8-17(25)23-14-5-4-6-15(11-14)24-10-9-20-19(24)26/h4-6,11H,7-10H2,1-3H3,(H,20,26)(H,23,25). The maximum Gasteiger partial charge on any atom is 0.321 e. The van der Waals surface area contributed by atoms with Crippen molar-refractivity contribution in [1.29, 1.82) is 0 Å². The Morgan fingerprint density at radius 2 is 2.04 bits per heavy atom. The number of amides is 3. The Morgan fingerprint density at radius 1 is 1.30 bits per heavy atom. The van der Waals surface area contributed by atoms with Gasteiger partial charge in [0.2, 0.25) is 5.91 Å². The number of hydrogen-bond donors (Lipinski definition) is 2. The Kier molecular flexibility index (Phi) is 5.95. The molecule has 0 atom stereocenters. The summed E-state index contributed by atoms with van der Waals surface area (Å²) in [5.74, 6) is -0.0780. The third kappa shape index (κ3) is 4.57. The van der Waals surface area contributed by atoms with E-state index in [1.807, 2.05) is 44.4 Å². The molecule has 2 heterocycles. The number of carbonyl (C=O) groups is 2. The smallest absolute Gasteiger partial charge is 0.321 e. The number of hydrogen-bond acceptors (Lipinski definition) is 5. The van der Waals surface area contributed by atoms with Gasteiger partial charge in [-0.3, -0.25) is 9.69 Å². The number of benzene rings is 1. The highest BCUT2D eigenvalue weighted by atomic mass is 32.2. The summed E-state index contributed by atoms with van der Waals surface area (Å²) < 4.78 is 0. The first-order chi connectivity index (χ1) is 13.0. The highest BCUT2D eigenvalue weighted by Crippen LogP contribution is 2.22. The van der Waals surface area contributed by atoms with E-state index < -0.39 is 0 Å². The summed E-state index contributed by atoms with van der Waals surface area (Å²) in [6.45, 7) is 5.16. The molecular weight excluding hydrogens is 362 g/mol. The molecule has 0 radical (unpaired) electrons. The second kappa shape index (κ2) is 8.39. The number of nitrogens with one attached hydrogen (secondary N) is 2. The molecule has 1 fully saturated rings. The van der Waals surface area contributed by atoms with Crippen molar-refractivity contribution in [3.8, 4) is 0 Å². The van der Waals surface area contributed by atoms with Crippen LogP contribution in [0.3, 0.4) is 0 Å². The van der Waals surface area contributed by atoms with Crippen LogP contribution in [0.5, 0.6) is 0 Å². The molecule has 1 saturated heterocycles. The predicted molar refractivity (Wildman–Crippen MR) is 107 cm³/mol. The molecule has 1 aromatic carbocycles. The molecule has 0 aliphatic carbocycles. The van der Waals surface area contributed by atoms with Crippen molar-refractivity contribution in [3.05, 3.63) is 41.2 Å². The van der Waals surface area contributed by atoms with Gasteiger partial charge < -0.3 is 10.6 Å². The number of carbonyl (C=O) groups excluding carboxylic acids is 2. The molecular formula is C19H23N5O2S. The Labute approximate surface area is 163 Å². The van der Waals surface area contributed by atoms with Gasteiger partial charge in [0.05, 0.1) is 0 Å². The lowest BCUT2D eigenvalue weighted by Gasteiger charge is -2.15. The van der Waals surface area contributed by atoms with E-state index in [9.17, 15) is 9.59 Å². The van der Waals surface area contributed by atoms with E-state index >= 15 is 0 Å². The number of nitrogens with zero attached hydrogens (tertiary/aromatic N) is 3. The number of anilines is 2. The highest BCUT2D eigenvalue weighted by Gasteiger charge is 2.21. The minimum Gasteiger partial charge on any atom is -0.336 e. The minimum atomic E-state index is -0.113. The van der Waals surface area contributed by atoms with Crippen LogP contribution in [0.4, 0.5) is 16.2 Å². The fraction of sp³-hybridized carbons (Fsp3) is 0.368. The third-order valence-corrected chi connectivity index (χ3v) is 5.03. The Bertz CT molecular complexity index is 848. The van der Waals surface area contributed by atoms with Crippen molar-refractivity contribution in [2.75, 3.05) is 29.6 Å². The third-order valence-electron chi connectivity index (χ3n) is 4.48. The number of urea groups is 1. The van der Waals surface area contributed by atoms with Crippen LogP contribution in [0.2, 0.25) is 0 Å². The minimum absolute atomic E-state index is 0.0780. The van der Waals surface area contributed by atoms with Crippen molar-refractivity contribution >= 4 is 35.1 Å². The predicted octanol–water partition coefficient (Wildman–Crippen LogP) is 2.92. The molecule has 0 unspecified atom stereocenters. The first-order valence-corrected chi connectivity index (χ1v) is 10.0. The van der Waals surface area contributed by atoms with Crippen molar-refractivity contribution in [3.63, 3.8) is 0 Å². The van der Waals surface area contributed by atoms with Gasteiger partial charge in [-0.1, -0.05) is 17.8 Å². The highest BCUT2D eigenvalue weighted by molar-refractivity contribution is 7.98. The molecule has 3 rings (SSSR count). The summed E-state index contributed by atoms with van der Waals surface area (Å²) in [6.07, 6.45) is 2.88. The van der Waals surface area contributed by atoms with E-state index in [1.54, 1.807) is 4.90 Å². The maximum absolute atomic E-state index is 12.4. The zero-order valence-electron chi connectivity index (χ0n) is 15.7. The van der Waals surface area contributed by atoms with Gasteiger partial charge >= 0.3 is 6.03 Å². The Morgan fingerprint density at radius 3 is 2.67 bits per heavy atom. The summed E-state index contributed by atoms with van der Waals surface area (Å²) in [7, 11) is 0. The van der Waals surface area contributed by atoms with Crippen molar-refractivity contribution in [2.24, 2.45) is 0 Å². The molecule has 1 aromatic heterocycles. The molecule has 2 N–H and O–H groups in total. The van der Waals surface area contributed by atoms with Crippen LogP contribution in [0.1, 0.15) is 23.4 Å². The van der Waals surface area contributed by atoms with Gasteiger partial charge in [-0.2, -0.15) is 0 Å². The Hall–Kier alpha value is -2.61. The quantitative estimate of drug-likeness (QED) is 0.590. The SMILES string of the molecule is CSc1nc(C)c(CCC(=O)Nc2cccc(N3CCNC3=O)c2)c(C)n1. The molecule has 2 aromatic rings. The van der Waals surface area contributed by atoms with Crippen molar-refractivity contribution < 1.29 is 9.59 Å².